The highest BCUT2D eigenvalue weighted by molar-refractivity contribution is 7.93. The zero-order valence-corrected chi connectivity index (χ0v) is 16.8. The summed E-state index contributed by atoms with van der Waals surface area (Å²) in [6.45, 7) is 0.290. The quantitative estimate of drug-likeness (QED) is 0.613. The number of sulfone groups is 1. The van der Waals surface area contributed by atoms with Crippen LogP contribution in [0.2, 0.25) is 0 Å². The fraction of sp³-hybridized carbons (Fsp3) is 0.350. The van der Waals surface area contributed by atoms with E-state index in [1.807, 2.05) is 6.07 Å². The Balaban J connectivity index is 1.36. The average molecular weight is 425 g/mol. The predicted molar refractivity (Wildman–Crippen MR) is 106 cm³/mol. The van der Waals surface area contributed by atoms with E-state index in [0.717, 1.165) is 11.1 Å². The summed E-state index contributed by atoms with van der Waals surface area (Å²) in [5.74, 6) is 0.221. The van der Waals surface area contributed by atoms with Crippen molar-refractivity contribution in [3.05, 3.63) is 60.5 Å². The van der Waals surface area contributed by atoms with E-state index in [9.17, 15) is 13.2 Å². The van der Waals surface area contributed by atoms with Crippen LogP contribution in [0.4, 0.5) is 0 Å². The molecule has 154 valence electrons. The van der Waals surface area contributed by atoms with E-state index >= 15 is 0 Å². The van der Waals surface area contributed by atoms with Gasteiger partial charge in [-0.2, -0.15) is 4.98 Å². The smallest absolute Gasteiger partial charge is 0.231 e. The summed E-state index contributed by atoms with van der Waals surface area (Å²) in [4.78, 5) is 26.7. The Morgan fingerprint density at radius 3 is 2.70 bits per heavy atom. The minimum absolute atomic E-state index is 0.0509. The molecule has 10 heteroatoms. The van der Waals surface area contributed by atoms with Crippen molar-refractivity contribution in [2.24, 2.45) is 0 Å². The molecule has 3 aromatic rings. The lowest BCUT2D eigenvalue weighted by molar-refractivity contribution is -0.136. The van der Waals surface area contributed by atoms with Crippen molar-refractivity contribution in [3.8, 4) is 11.4 Å². The van der Waals surface area contributed by atoms with Crippen LogP contribution in [0.15, 0.2) is 53.6 Å². The molecule has 0 aliphatic carbocycles. The average Bonchev–Trinajstić information content (AvgIpc) is 3.30. The maximum Gasteiger partial charge on any atom is 0.231 e. The number of rotatable bonds is 4. The Morgan fingerprint density at radius 1 is 1.17 bits per heavy atom. The second kappa shape index (κ2) is 6.98. The van der Waals surface area contributed by atoms with Crippen LogP contribution in [-0.4, -0.2) is 62.9 Å². The predicted octanol–water partition coefficient (Wildman–Crippen LogP) is 1.25. The van der Waals surface area contributed by atoms with Gasteiger partial charge in [0.1, 0.15) is 4.75 Å². The molecule has 30 heavy (non-hydrogen) atoms. The van der Waals surface area contributed by atoms with Gasteiger partial charge in [-0.15, -0.1) is 0 Å². The summed E-state index contributed by atoms with van der Waals surface area (Å²) in [7, 11) is -3.39. The molecule has 2 aliphatic rings. The lowest BCUT2D eigenvalue weighted by Gasteiger charge is -2.49. The highest BCUT2D eigenvalue weighted by Gasteiger charge is 2.64. The molecule has 3 aromatic heterocycles. The van der Waals surface area contributed by atoms with Crippen LogP contribution in [0.3, 0.4) is 0 Å². The summed E-state index contributed by atoms with van der Waals surface area (Å²) in [5, 5.41) is 4.02. The zero-order chi connectivity index (χ0) is 20.8. The van der Waals surface area contributed by atoms with E-state index in [1.54, 1.807) is 47.9 Å². The summed E-state index contributed by atoms with van der Waals surface area (Å²) in [6.07, 6.45) is 7.15. The van der Waals surface area contributed by atoms with Gasteiger partial charge in [-0.1, -0.05) is 11.2 Å². The summed E-state index contributed by atoms with van der Waals surface area (Å²) in [5.41, 5.74) is 1.55. The second-order valence-electron chi connectivity index (χ2n) is 7.70. The molecule has 1 amide bonds. The maximum atomic E-state index is 12.9. The Kier molecular flexibility index (Phi) is 4.39. The first kappa shape index (κ1) is 18.9. The van der Waals surface area contributed by atoms with E-state index in [1.165, 1.54) is 0 Å². The van der Waals surface area contributed by atoms with E-state index in [4.69, 9.17) is 4.52 Å². The molecule has 2 saturated heterocycles. The third-order valence-corrected chi connectivity index (χ3v) is 8.51. The Labute approximate surface area is 173 Å². The molecule has 0 bridgehead atoms. The van der Waals surface area contributed by atoms with Gasteiger partial charge >= 0.3 is 0 Å². The number of hydrogen-bond acceptors (Lipinski definition) is 8. The van der Waals surface area contributed by atoms with Gasteiger partial charge in [0.2, 0.25) is 17.6 Å². The first-order chi connectivity index (χ1) is 14.5. The van der Waals surface area contributed by atoms with E-state index in [0.29, 0.717) is 18.1 Å². The number of hydrogen-bond donors (Lipinski definition) is 0. The highest BCUT2D eigenvalue weighted by Crippen LogP contribution is 2.49. The van der Waals surface area contributed by atoms with Crippen molar-refractivity contribution in [2.75, 3.05) is 18.8 Å². The number of amides is 1. The third kappa shape index (κ3) is 2.98. The summed E-state index contributed by atoms with van der Waals surface area (Å²) in [6, 6.07) is 7.12. The molecule has 1 spiro atoms. The molecule has 0 N–H and O–H groups in total. The summed E-state index contributed by atoms with van der Waals surface area (Å²) < 4.78 is 30.2. The summed E-state index contributed by atoms with van der Waals surface area (Å²) >= 11 is 0. The number of likely N-dealkylation sites (tertiary alicyclic amines) is 1. The monoisotopic (exact) mass is 425 g/mol. The maximum absolute atomic E-state index is 12.9. The van der Waals surface area contributed by atoms with Gasteiger partial charge in [-0.3, -0.25) is 14.8 Å². The molecule has 0 aromatic carbocycles. The van der Waals surface area contributed by atoms with E-state index in [-0.39, 0.29) is 31.2 Å². The van der Waals surface area contributed by atoms with E-state index in [2.05, 4.69) is 20.1 Å². The molecule has 9 nitrogen and oxygen atoms in total. The van der Waals surface area contributed by atoms with Crippen LogP contribution in [-0.2, 0) is 21.1 Å². The Bertz CT molecular complexity index is 1170. The molecule has 2 fully saturated rings. The van der Waals surface area contributed by atoms with Crippen LogP contribution in [0.5, 0.6) is 0 Å². The highest BCUT2D eigenvalue weighted by atomic mass is 32.2. The normalized spacial score (nSPS) is 21.5. The lowest BCUT2D eigenvalue weighted by Crippen LogP contribution is -2.67. The molecule has 0 saturated carbocycles. The first-order valence-electron chi connectivity index (χ1n) is 9.61. The topological polar surface area (TPSA) is 119 Å². The van der Waals surface area contributed by atoms with Crippen molar-refractivity contribution >= 4 is 15.7 Å². The molecule has 1 atom stereocenters. The van der Waals surface area contributed by atoms with Crippen molar-refractivity contribution in [1.29, 1.82) is 0 Å². The van der Waals surface area contributed by atoms with Crippen LogP contribution in [0.25, 0.3) is 11.4 Å². The number of aromatic nitrogens is 4. The van der Waals surface area contributed by atoms with Gasteiger partial charge < -0.3 is 9.42 Å². The van der Waals surface area contributed by atoms with Gasteiger partial charge in [0, 0.05) is 43.4 Å². The molecular formula is C20H19N5O4S. The first-order valence-corrected chi connectivity index (χ1v) is 11.3. The lowest BCUT2D eigenvalue weighted by atomic mass is 9.82. The standard InChI is InChI=1S/C20H19N5O4S/c26-17(10-14-2-1-6-22-11-14)25-12-20(13-25)16(5-9-30(20,27)28)19-23-18(24-29-19)15-3-7-21-8-4-15/h1-4,6-8,11,16H,5,9-10,12-13H2. The molecule has 5 heterocycles. The van der Waals surface area contributed by atoms with Crippen LogP contribution < -0.4 is 0 Å². The fourth-order valence-corrected chi connectivity index (χ4v) is 6.59. The van der Waals surface area contributed by atoms with Crippen molar-refractivity contribution in [1.82, 2.24) is 25.0 Å². The van der Waals surface area contributed by atoms with E-state index < -0.39 is 20.5 Å². The molecule has 0 radical (unpaired) electrons. The van der Waals surface area contributed by atoms with Crippen LogP contribution in [0, 0.1) is 0 Å². The largest absolute Gasteiger partial charge is 0.339 e. The molecule has 2 aliphatic heterocycles. The Morgan fingerprint density at radius 2 is 1.97 bits per heavy atom. The molecule has 1 unspecified atom stereocenters. The van der Waals surface area contributed by atoms with Gasteiger partial charge in [-0.05, 0) is 30.2 Å². The minimum atomic E-state index is -3.39. The number of nitrogens with zero attached hydrogens (tertiary/aromatic N) is 5. The van der Waals surface area contributed by atoms with Crippen molar-refractivity contribution < 1.29 is 17.7 Å². The number of pyridine rings is 2. The zero-order valence-electron chi connectivity index (χ0n) is 16.0. The third-order valence-electron chi connectivity index (χ3n) is 5.96. The van der Waals surface area contributed by atoms with Gasteiger partial charge in [-0.25, -0.2) is 8.42 Å². The van der Waals surface area contributed by atoms with Crippen molar-refractivity contribution in [3.63, 3.8) is 0 Å². The number of carbonyl (C=O) groups excluding carboxylic acids is 1. The van der Waals surface area contributed by atoms with Gasteiger partial charge in [0.05, 0.1) is 18.1 Å². The van der Waals surface area contributed by atoms with Crippen LogP contribution >= 0.6 is 0 Å². The van der Waals surface area contributed by atoms with Crippen molar-refractivity contribution in [2.45, 2.75) is 23.5 Å². The van der Waals surface area contributed by atoms with Gasteiger partial charge in [0.15, 0.2) is 9.84 Å². The molecular weight excluding hydrogens is 406 g/mol. The Hall–Kier alpha value is -3.14. The second-order valence-corrected chi connectivity index (χ2v) is 10.2. The number of carbonyl (C=O) groups is 1. The fourth-order valence-electron chi connectivity index (χ4n) is 4.28. The molecule has 5 rings (SSSR count). The minimum Gasteiger partial charge on any atom is -0.339 e. The van der Waals surface area contributed by atoms with Crippen LogP contribution in [0.1, 0.15) is 23.8 Å². The SMILES string of the molecule is O=C(Cc1cccnc1)N1CC2(C1)C(c1nc(-c3ccncc3)no1)CCS2(=O)=O. The van der Waals surface area contributed by atoms with Gasteiger partial charge in [0.25, 0.3) is 0 Å².